The number of ketones is 1. The number of phenols is 1. The van der Waals surface area contributed by atoms with Crippen LogP contribution in [0.2, 0.25) is 0 Å². The summed E-state index contributed by atoms with van der Waals surface area (Å²) in [7, 11) is 0. The molecule has 0 amide bonds. The summed E-state index contributed by atoms with van der Waals surface area (Å²) in [6, 6.07) is 2.44. The summed E-state index contributed by atoms with van der Waals surface area (Å²) >= 11 is 2.78. The largest absolute Gasteiger partial charge is 0.506 e. The minimum atomic E-state index is -4.68. The first-order valence-electron chi connectivity index (χ1n) is 4.24. The third-order valence-electron chi connectivity index (χ3n) is 1.98. The lowest BCUT2D eigenvalue weighted by atomic mass is 10.0. The van der Waals surface area contributed by atoms with Crippen LogP contribution in [0.1, 0.15) is 21.5 Å². The number of hydrogen-bond donors (Lipinski definition) is 1. The summed E-state index contributed by atoms with van der Waals surface area (Å²) in [6.45, 7) is 0. The summed E-state index contributed by atoms with van der Waals surface area (Å²) < 4.78 is 37.4. The molecule has 0 fully saturated rings. The molecule has 0 saturated carbocycles. The molecule has 0 aromatic heterocycles. The van der Waals surface area contributed by atoms with Crippen molar-refractivity contribution in [2.24, 2.45) is 0 Å². The third kappa shape index (κ3) is 2.77. The normalized spacial score (nSPS) is 11.0. The number of carbonyl (C=O) groups is 1. The molecule has 0 saturated heterocycles. The van der Waals surface area contributed by atoms with Crippen LogP contribution in [-0.4, -0.2) is 16.2 Å². The Morgan fingerprint density at radius 3 is 2.47 bits per heavy atom. The van der Waals surface area contributed by atoms with Gasteiger partial charge in [0.2, 0.25) is 0 Å². The van der Waals surface area contributed by atoms with Crippen molar-refractivity contribution in [2.45, 2.75) is 6.18 Å². The third-order valence-corrected chi connectivity index (χ3v) is 2.49. The predicted molar refractivity (Wildman–Crippen MR) is 55.9 cm³/mol. The first-order valence-corrected chi connectivity index (χ1v) is 5.37. The zero-order valence-corrected chi connectivity index (χ0v) is 9.76. The summed E-state index contributed by atoms with van der Waals surface area (Å²) in [5.74, 6) is -1.46. The number of Topliss-reactive ketones (excluding diaryl/α,β-unsaturated/α-hetero) is 1. The molecule has 0 aliphatic carbocycles. The molecule has 0 atom stereocenters. The van der Waals surface area contributed by atoms with Crippen molar-refractivity contribution in [2.75, 3.05) is 5.33 Å². The fraction of sp³-hybridized carbons (Fsp3) is 0.200. The van der Waals surface area contributed by atoms with Gasteiger partial charge in [-0.1, -0.05) is 15.9 Å². The molecule has 3 nitrogen and oxygen atoms in total. The van der Waals surface area contributed by atoms with Gasteiger partial charge in [0.05, 0.1) is 22.0 Å². The van der Waals surface area contributed by atoms with E-state index in [1.165, 1.54) is 6.07 Å². The molecule has 1 N–H and O–H groups in total. The van der Waals surface area contributed by atoms with Gasteiger partial charge in [0.25, 0.3) is 0 Å². The molecular weight excluding hydrogens is 303 g/mol. The van der Waals surface area contributed by atoms with Crippen LogP contribution in [0.4, 0.5) is 13.2 Å². The van der Waals surface area contributed by atoms with E-state index in [0.717, 1.165) is 0 Å². The molecule has 0 aliphatic heterocycles. The Hall–Kier alpha value is -1.55. The molecule has 1 aromatic rings. The van der Waals surface area contributed by atoms with E-state index >= 15 is 0 Å². The number of carbonyl (C=O) groups excluding carboxylic acids is 1. The van der Waals surface area contributed by atoms with Gasteiger partial charge in [-0.25, -0.2) is 0 Å². The van der Waals surface area contributed by atoms with Gasteiger partial charge in [-0.2, -0.15) is 18.4 Å². The first-order chi connectivity index (χ1) is 7.81. The van der Waals surface area contributed by atoms with Crippen molar-refractivity contribution in [1.82, 2.24) is 0 Å². The monoisotopic (exact) mass is 307 g/mol. The summed E-state index contributed by atoms with van der Waals surface area (Å²) in [5, 5.41) is 17.8. The number of nitriles is 1. The van der Waals surface area contributed by atoms with Crippen LogP contribution in [0.5, 0.6) is 5.75 Å². The van der Waals surface area contributed by atoms with E-state index in [2.05, 4.69) is 15.9 Å². The van der Waals surface area contributed by atoms with Crippen LogP contribution in [0.25, 0.3) is 0 Å². The molecule has 0 unspecified atom stereocenters. The quantitative estimate of drug-likeness (QED) is 0.675. The van der Waals surface area contributed by atoms with Gasteiger partial charge in [-0.15, -0.1) is 0 Å². The second-order valence-electron chi connectivity index (χ2n) is 3.09. The van der Waals surface area contributed by atoms with E-state index in [1.54, 1.807) is 0 Å². The number of aromatic hydroxyl groups is 1. The lowest BCUT2D eigenvalue weighted by Crippen LogP contribution is -2.09. The number of phenolic OH excluding ortho intramolecular Hbond substituents is 1. The van der Waals surface area contributed by atoms with Crippen LogP contribution in [0, 0.1) is 11.3 Å². The Kier molecular flexibility index (Phi) is 3.78. The van der Waals surface area contributed by atoms with Crippen molar-refractivity contribution < 1.29 is 23.1 Å². The van der Waals surface area contributed by atoms with E-state index in [1.807, 2.05) is 0 Å². The second-order valence-corrected chi connectivity index (χ2v) is 3.65. The molecule has 90 valence electrons. The van der Waals surface area contributed by atoms with E-state index in [0.29, 0.717) is 12.1 Å². The summed E-state index contributed by atoms with van der Waals surface area (Å²) in [4.78, 5) is 11.3. The first kappa shape index (κ1) is 13.5. The van der Waals surface area contributed by atoms with Crippen molar-refractivity contribution in [3.8, 4) is 11.8 Å². The molecule has 0 heterocycles. The highest BCUT2D eigenvalue weighted by Crippen LogP contribution is 2.34. The Morgan fingerprint density at radius 1 is 1.47 bits per heavy atom. The lowest BCUT2D eigenvalue weighted by molar-refractivity contribution is -0.137. The molecule has 0 bridgehead atoms. The number of halogens is 4. The van der Waals surface area contributed by atoms with Gasteiger partial charge in [0.15, 0.2) is 5.78 Å². The highest BCUT2D eigenvalue weighted by Gasteiger charge is 2.33. The lowest BCUT2D eigenvalue weighted by Gasteiger charge is -2.10. The van der Waals surface area contributed by atoms with Gasteiger partial charge in [0, 0.05) is 0 Å². The Morgan fingerprint density at radius 2 is 2.06 bits per heavy atom. The van der Waals surface area contributed by atoms with E-state index in [-0.39, 0.29) is 5.33 Å². The minimum Gasteiger partial charge on any atom is -0.506 e. The molecular formula is C10H5BrF3NO2. The maximum Gasteiger partial charge on any atom is 0.416 e. The Labute approximate surface area is 103 Å². The average Bonchev–Trinajstić information content (AvgIpc) is 2.26. The smallest absolute Gasteiger partial charge is 0.416 e. The average molecular weight is 308 g/mol. The standard InChI is InChI=1S/C10H5BrF3NO2/c11-3-8(16)7-2-6(10(12,13)14)1-5(4-15)9(7)17/h1-2,17H,3H2. The number of benzene rings is 1. The molecule has 17 heavy (non-hydrogen) atoms. The van der Waals surface area contributed by atoms with Crippen LogP contribution >= 0.6 is 15.9 Å². The van der Waals surface area contributed by atoms with Gasteiger partial charge in [-0.3, -0.25) is 4.79 Å². The van der Waals surface area contributed by atoms with Crippen LogP contribution in [0.15, 0.2) is 12.1 Å². The number of rotatable bonds is 2. The van der Waals surface area contributed by atoms with Crippen LogP contribution in [-0.2, 0) is 6.18 Å². The number of hydrogen-bond acceptors (Lipinski definition) is 3. The van der Waals surface area contributed by atoms with Gasteiger partial charge in [0.1, 0.15) is 11.8 Å². The number of nitrogens with zero attached hydrogens (tertiary/aromatic N) is 1. The van der Waals surface area contributed by atoms with Crippen molar-refractivity contribution >= 4 is 21.7 Å². The van der Waals surface area contributed by atoms with Gasteiger partial charge >= 0.3 is 6.18 Å². The van der Waals surface area contributed by atoms with Crippen molar-refractivity contribution in [3.05, 3.63) is 28.8 Å². The van der Waals surface area contributed by atoms with Gasteiger partial charge < -0.3 is 5.11 Å². The predicted octanol–water partition coefficient (Wildman–Crippen LogP) is 2.86. The molecule has 0 aliphatic rings. The van der Waals surface area contributed by atoms with E-state index < -0.39 is 34.4 Å². The zero-order valence-electron chi connectivity index (χ0n) is 8.18. The van der Waals surface area contributed by atoms with E-state index in [9.17, 15) is 23.1 Å². The van der Waals surface area contributed by atoms with Gasteiger partial charge in [-0.05, 0) is 12.1 Å². The van der Waals surface area contributed by atoms with Crippen LogP contribution < -0.4 is 0 Å². The molecule has 0 spiro atoms. The maximum atomic E-state index is 12.5. The summed E-state index contributed by atoms with van der Waals surface area (Å²) in [5.41, 5.74) is -2.24. The minimum absolute atomic E-state index is 0.243. The fourth-order valence-corrected chi connectivity index (χ4v) is 1.47. The molecule has 0 radical (unpaired) electrons. The summed E-state index contributed by atoms with van der Waals surface area (Å²) in [6.07, 6.45) is -4.68. The maximum absolute atomic E-state index is 12.5. The Bertz CT molecular complexity index is 505. The fourth-order valence-electron chi connectivity index (χ4n) is 1.17. The highest BCUT2D eigenvalue weighted by molar-refractivity contribution is 9.09. The second kappa shape index (κ2) is 4.75. The zero-order chi connectivity index (χ0) is 13.2. The van der Waals surface area contributed by atoms with Crippen molar-refractivity contribution in [3.63, 3.8) is 0 Å². The number of alkyl halides is 4. The molecule has 1 rings (SSSR count). The molecule has 7 heteroatoms. The highest BCUT2D eigenvalue weighted by atomic mass is 79.9. The van der Waals surface area contributed by atoms with E-state index in [4.69, 9.17) is 5.26 Å². The molecule has 1 aromatic carbocycles. The Balaban J connectivity index is 3.51. The van der Waals surface area contributed by atoms with Crippen LogP contribution in [0.3, 0.4) is 0 Å². The topological polar surface area (TPSA) is 61.1 Å². The van der Waals surface area contributed by atoms with Crippen molar-refractivity contribution in [1.29, 1.82) is 5.26 Å². The SMILES string of the molecule is N#Cc1cc(C(F)(F)F)cc(C(=O)CBr)c1O.